The summed E-state index contributed by atoms with van der Waals surface area (Å²) in [6.45, 7) is 0. The van der Waals surface area contributed by atoms with Gasteiger partial charge in [0.1, 0.15) is 0 Å². The van der Waals surface area contributed by atoms with Gasteiger partial charge in [0.05, 0.1) is 6.42 Å². The van der Waals surface area contributed by atoms with Crippen LogP contribution in [-0.2, 0) is 19.6 Å². The second kappa shape index (κ2) is 3.87. The fourth-order valence-electron chi connectivity index (χ4n) is 3.37. The van der Waals surface area contributed by atoms with Gasteiger partial charge in [0.2, 0.25) is 15.9 Å². The van der Waals surface area contributed by atoms with Crippen molar-refractivity contribution < 1.29 is 13.2 Å². The van der Waals surface area contributed by atoms with E-state index in [-0.39, 0.29) is 6.42 Å². The Labute approximate surface area is 126 Å². The Hall–Kier alpha value is -1.85. The molecule has 4 nitrogen and oxygen atoms in total. The van der Waals surface area contributed by atoms with Crippen molar-refractivity contribution in [1.29, 1.82) is 0 Å². The topological polar surface area (TPSA) is 63.2 Å². The lowest BCUT2D eigenvalue weighted by atomic mass is 9.92. The first kappa shape index (κ1) is 12.9. The molecule has 1 amide bonds. The molecule has 2 aromatic rings. The summed E-state index contributed by atoms with van der Waals surface area (Å²) in [6.07, 6.45) is -0.111. The van der Waals surface area contributed by atoms with Crippen LogP contribution in [-0.4, -0.2) is 14.3 Å². The van der Waals surface area contributed by atoms with Gasteiger partial charge in [-0.1, -0.05) is 41.9 Å². The van der Waals surface area contributed by atoms with Gasteiger partial charge in [0.25, 0.3) is 0 Å². The fraction of sp³-hybridized carbons (Fsp3) is 0.133. The van der Waals surface area contributed by atoms with Crippen molar-refractivity contribution in [2.75, 3.05) is 0 Å². The van der Waals surface area contributed by atoms with Crippen LogP contribution in [0.15, 0.2) is 42.5 Å². The fourth-order valence-corrected chi connectivity index (χ4v) is 5.34. The van der Waals surface area contributed by atoms with Crippen molar-refractivity contribution >= 4 is 27.5 Å². The molecule has 1 saturated heterocycles. The quantitative estimate of drug-likeness (QED) is 0.811. The molecule has 0 bridgehead atoms. The molecule has 1 heterocycles. The SMILES string of the molecule is O=C1CC2(c3ccccc3-c3ccc(Cl)cc32)S(=O)(=O)N1. The average Bonchev–Trinajstić information content (AvgIpc) is 2.84. The minimum Gasteiger partial charge on any atom is -0.274 e. The van der Waals surface area contributed by atoms with Gasteiger partial charge in [0, 0.05) is 5.02 Å². The highest BCUT2D eigenvalue weighted by molar-refractivity contribution is 7.91. The second-order valence-corrected chi connectivity index (χ2v) is 7.61. The van der Waals surface area contributed by atoms with Crippen LogP contribution >= 0.6 is 11.6 Å². The lowest BCUT2D eigenvalue weighted by Gasteiger charge is -2.23. The summed E-state index contributed by atoms with van der Waals surface area (Å²) < 4.78 is 26.1. The number of sulfonamides is 1. The van der Waals surface area contributed by atoms with Crippen molar-refractivity contribution in [2.45, 2.75) is 11.2 Å². The molecular weight excluding hydrogens is 310 g/mol. The second-order valence-electron chi connectivity index (χ2n) is 5.27. The summed E-state index contributed by atoms with van der Waals surface area (Å²) in [7, 11) is -3.84. The molecule has 2 aliphatic rings. The third-order valence-electron chi connectivity index (χ3n) is 4.19. The summed E-state index contributed by atoms with van der Waals surface area (Å²) in [6, 6.07) is 12.5. The summed E-state index contributed by atoms with van der Waals surface area (Å²) in [5, 5.41) is 0.454. The van der Waals surface area contributed by atoms with E-state index in [1.165, 1.54) is 0 Å². The Balaban J connectivity index is 2.19. The molecule has 1 spiro atoms. The number of nitrogens with one attached hydrogen (secondary N) is 1. The zero-order chi connectivity index (χ0) is 14.8. The Kier molecular flexibility index (Phi) is 2.37. The van der Waals surface area contributed by atoms with Crippen LogP contribution in [0.5, 0.6) is 0 Å². The number of carbonyl (C=O) groups excluding carboxylic acids is 1. The molecular formula is C15H10ClNO3S. The third-order valence-corrected chi connectivity index (χ3v) is 6.42. The molecule has 1 fully saturated rings. The van der Waals surface area contributed by atoms with E-state index >= 15 is 0 Å². The molecule has 1 unspecified atom stereocenters. The van der Waals surface area contributed by atoms with Crippen molar-refractivity contribution in [3.8, 4) is 11.1 Å². The van der Waals surface area contributed by atoms with E-state index in [1.807, 2.05) is 18.2 Å². The lowest BCUT2D eigenvalue weighted by molar-refractivity contribution is -0.118. The van der Waals surface area contributed by atoms with Crippen LogP contribution < -0.4 is 4.72 Å². The highest BCUT2D eigenvalue weighted by Crippen LogP contribution is 2.55. The van der Waals surface area contributed by atoms with Gasteiger partial charge >= 0.3 is 0 Å². The zero-order valence-corrected chi connectivity index (χ0v) is 12.3. The number of hydrogen-bond acceptors (Lipinski definition) is 3. The van der Waals surface area contributed by atoms with Crippen LogP contribution in [0.1, 0.15) is 17.5 Å². The van der Waals surface area contributed by atoms with E-state index in [0.717, 1.165) is 11.1 Å². The largest absolute Gasteiger partial charge is 0.274 e. The molecule has 4 rings (SSSR count). The van der Waals surface area contributed by atoms with Gasteiger partial charge in [0.15, 0.2) is 4.75 Å². The number of rotatable bonds is 0. The van der Waals surface area contributed by atoms with Gasteiger partial charge in [-0.25, -0.2) is 8.42 Å². The highest BCUT2D eigenvalue weighted by atomic mass is 35.5. The minimum absolute atomic E-state index is 0.111. The van der Waals surface area contributed by atoms with E-state index in [9.17, 15) is 13.2 Å². The van der Waals surface area contributed by atoms with Gasteiger partial charge in [-0.15, -0.1) is 0 Å². The van der Waals surface area contributed by atoms with Crippen LogP contribution in [0.4, 0.5) is 0 Å². The summed E-state index contributed by atoms with van der Waals surface area (Å²) >= 11 is 6.06. The Morgan fingerprint density at radius 2 is 1.76 bits per heavy atom. The number of benzene rings is 2. The molecule has 0 aromatic heterocycles. The molecule has 2 aromatic carbocycles. The number of halogens is 1. The van der Waals surface area contributed by atoms with Crippen molar-refractivity contribution in [3.63, 3.8) is 0 Å². The lowest BCUT2D eigenvalue weighted by Crippen LogP contribution is -2.34. The number of hydrogen-bond donors (Lipinski definition) is 1. The predicted molar refractivity (Wildman–Crippen MR) is 79.3 cm³/mol. The van der Waals surface area contributed by atoms with E-state index in [0.29, 0.717) is 16.1 Å². The Morgan fingerprint density at radius 3 is 2.48 bits per heavy atom. The maximum absolute atomic E-state index is 12.7. The van der Waals surface area contributed by atoms with E-state index in [2.05, 4.69) is 4.72 Å². The number of fused-ring (bicyclic) bond motifs is 5. The summed E-state index contributed by atoms with van der Waals surface area (Å²) in [5.74, 6) is -0.488. The summed E-state index contributed by atoms with van der Waals surface area (Å²) in [4.78, 5) is 11.8. The Morgan fingerprint density at radius 1 is 1.05 bits per heavy atom. The standard InChI is InChI=1S/C15H10ClNO3S/c16-9-5-6-11-10-3-1-2-4-12(10)15(13(11)7-9)8-14(18)17-21(15,19)20/h1-7H,8H2,(H,17,18). The molecule has 106 valence electrons. The van der Waals surface area contributed by atoms with Gasteiger partial charge in [-0.2, -0.15) is 0 Å². The minimum atomic E-state index is -3.84. The normalized spacial score (nSPS) is 24.7. The van der Waals surface area contributed by atoms with Crippen LogP contribution in [0, 0.1) is 0 Å². The molecule has 6 heteroatoms. The molecule has 0 saturated carbocycles. The van der Waals surface area contributed by atoms with Crippen LogP contribution in [0.3, 0.4) is 0 Å². The van der Waals surface area contributed by atoms with Crippen molar-refractivity contribution in [3.05, 3.63) is 58.6 Å². The Bertz CT molecular complexity index is 907. The van der Waals surface area contributed by atoms with Crippen LogP contribution in [0.2, 0.25) is 5.02 Å². The van der Waals surface area contributed by atoms with Crippen molar-refractivity contribution in [2.24, 2.45) is 0 Å². The molecule has 1 aliphatic heterocycles. The highest BCUT2D eigenvalue weighted by Gasteiger charge is 2.59. The molecule has 1 atom stereocenters. The first-order chi connectivity index (χ1) is 9.96. The van der Waals surface area contributed by atoms with Crippen molar-refractivity contribution in [1.82, 2.24) is 4.72 Å². The maximum atomic E-state index is 12.7. The smallest absolute Gasteiger partial charge is 0.249 e. The molecule has 1 N–H and O–H groups in total. The summed E-state index contributed by atoms with van der Waals surface area (Å²) in [5.41, 5.74) is 2.87. The first-order valence-corrected chi connectivity index (χ1v) is 8.27. The predicted octanol–water partition coefficient (Wildman–Crippen LogP) is 2.41. The molecule has 21 heavy (non-hydrogen) atoms. The average molecular weight is 320 g/mol. The van der Waals surface area contributed by atoms with Crippen LogP contribution in [0.25, 0.3) is 11.1 Å². The maximum Gasteiger partial charge on any atom is 0.249 e. The molecule has 1 aliphatic carbocycles. The third kappa shape index (κ3) is 1.45. The molecule has 0 radical (unpaired) electrons. The zero-order valence-electron chi connectivity index (χ0n) is 10.8. The van der Waals surface area contributed by atoms with Gasteiger partial charge in [-0.05, 0) is 34.4 Å². The van der Waals surface area contributed by atoms with Gasteiger partial charge in [-0.3, -0.25) is 9.52 Å². The van der Waals surface area contributed by atoms with E-state index in [1.54, 1.807) is 24.3 Å². The van der Waals surface area contributed by atoms with Gasteiger partial charge < -0.3 is 0 Å². The first-order valence-electron chi connectivity index (χ1n) is 6.41. The monoisotopic (exact) mass is 319 g/mol. The number of carbonyl (C=O) groups is 1. The van der Waals surface area contributed by atoms with E-state index < -0.39 is 20.7 Å². The van der Waals surface area contributed by atoms with E-state index in [4.69, 9.17) is 11.6 Å². The number of amides is 1.